The lowest BCUT2D eigenvalue weighted by Gasteiger charge is -2.17. The molecule has 3 aromatic rings. The number of para-hydroxylation sites is 1. The van der Waals surface area contributed by atoms with Gasteiger partial charge >= 0.3 is 12.2 Å². The highest BCUT2D eigenvalue weighted by atomic mass is 32.1. The highest BCUT2D eigenvalue weighted by Crippen LogP contribution is 2.29. The number of anilines is 1. The van der Waals surface area contributed by atoms with Crippen molar-refractivity contribution in [1.82, 2.24) is 9.88 Å². The summed E-state index contributed by atoms with van der Waals surface area (Å²) in [4.78, 5) is 17.9. The fourth-order valence-corrected chi connectivity index (χ4v) is 3.11. The van der Waals surface area contributed by atoms with E-state index in [0.717, 1.165) is 22.3 Å². The number of benzene rings is 2. The molecule has 0 fully saturated rings. The van der Waals surface area contributed by atoms with Gasteiger partial charge in [0.1, 0.15) is 0 Å². The van der Waals surface area contributed by atoms with E-state index in [2.05, 4.69) is 10.3 Å². The van der Waals surface area contributed by atoms with Crippen molar-refractivity contribution in [3.63, 3.8) is 0 Å². The zero-order valence-corrected chi connectivity index (χ0v) is 14.0. The first-order valence-corrected chi connectivity index (χ1v) is 8.18. The summed E-state index contributed by atoms with van der Waals surface area (Å²) in [7, 11) is 1.57. The van der Waals surface area contributed by atoms with Gasteiger partial charge in [-0.2, -0.15) is 13.2 Å². The second-order valence-electron chi connectivity index (χ2n) is 5.47. The van der Waals surface area contributed by atoms with E-state index in [4.69, 9.17) is 0 Å². The fraction of sp³-hybridized carbons (Fsp3) is 0.176. The van der Waals surface area contributed by atoms with Crippen molar-refractivity contribution in [1.29, 1.82) is 0 Å². The first-order valence-electron chi connectivity index (χ1n) is 7.37. The summed E-state index contributed by atoms with van der Waals surface area (Å²) in [5, 5.41) is 3.18. The van der Waals surface area contributed by atoms with E-state index in [1.54, 1.807) is 7.05 Å². The van der Waals surface area contributed by atoms with Crippen molar-refractivity contribution >= 4 is 32.7 Å². The average molecular weight is 365 g/mol. The number of nitrogens with one attached hydrogen (secondary N) is 1. The molecular formula is C17H14F3N3OS. The van der Waals surface area contributed by atoms with Crippen LogP contribution in [0.1, 0.15) is 11.1 Å². The Morgan fingerprint density at radius 1 is 1.16 bits per heavy atom. The van der Waals surface area contributed by atoms with Crippen LogP contribution < -0.4 is 5.32 Å². The van der Waals surface area contributed by atoms with Gasteiger partial charge in [-0.25, -0.2) is 9.78 Å². The molecule has 0 aliphatic heterocycles. The van der Waals surface area contributed by atoms with Gasteiger partial charge in [-0.15, -0.1) is 0 Å². The SMILES string of the molecule is CN(Cc1ccc(C(F)(F)F)cc1)C(=O)Nc1nc2ccccc2s1. The number of hydrogen-bond donors (Lipinski definition) is 1. The van der Waals surface area contributed by atoms with Crippen LogP contribution in [0.25, 0.3) is 10.2 Å². The van der Waals surface area contributed by atoms with Crippen molar-refractivity contribution in [3.8, 4) is 0 Å². The number of nitrogens with zero attached hydrogens (tertiary/aromatic N) is 2. The van der Waals surface area contributed by atoms with E-state index in [1.165, 1.54) is 28.4 Å². The minimum Gasteiger partial charge on any atom is -0.323 e. The molecular weight excluding hydrogens is 351 g/mol. The molecule has 8 heteroatoms. The van der Waals surface area contributed by atoms with Gasteiger partial charge in [0.2, 0.25) is 0 Å². The Morgan fingerprint density at radius 2 is 1.84 bits per heavy atom. The van der Waals surface area contributed by atoms with Gasteiger partial charge in [0.05, 0.1) is 15.8 Å². The summed E-state index contributed by atoms with van der Waals surface area (Å²) >= 11 is 1.36. The van der Waals surface area contributed by atoms with Gasteiger partial charge in [0.15, 0.2) is 5.13 Å². The monoisotopic (exact) mass is 365 g/mol. The lowest BCUT2D eigenvalue weighted by molar-refractivity contribution is -0.137. The zero-order valence-electron chi connectivity index (χ0n) is 13.2. The second-order valence-corrected chi connectivity index (χ2v) is 6.50. The number of fused-ring (bicyclic) bond motifs is 1. The number of hydrogen-bond acceptors (Lipinski definition) is 3. The number of halogens is 3. The summed E-state index contributed by atoms with van der Waals surface area (Å²) in [5.74, 6) is 0. The molecule has 0 aliphatic carbocycles. The number of carbonyl (C=O) groups is 1. The maximum Gasteiger partial charge on any atom is 0.416 e. The van der Waals surface area contributed by atoms with Gasteiger partial charge in [-0.3, -0.25) is 5.32 Å². The zero-order chi connectivity index (χ0) is 18.0. The standard InChI is InChI=1S/C17H14F3N3OS/c1-23(10-11-6-8-12(9-7-11)17(18,19)20)16(24)22-15-21-13-4-2-3-5-14(13)25-15/h2-9H,10H2,1H3,(H,21,22,24). The summed E-state index contributed by atoms with van der Waals surface area (Å²) in [6, 6.07) is 11.9. The number of amides is 2. The normalized spacial score (nSPS) is 11.5. The van der Waals surface area contributed by atoms with E-state index >= 15 is 0 Å². The Bertz CT molecular complexity index is 857. The van der Waals surface area contributed by atoms with Crippen molar-refractivity contribution in [2.45, 2.75) is 12.7 Å². The number of urea groups is 1. The van der Waals surface area contributed by atoms with Crippen LogP contribution in [0.4, 0.5) is 23.1 Å². The molecule has 4 nitrogen and oxygen atoms in total. The van der Waals surface area contributed by atoms with Gasteiger partial charge in [0, 0.05) is 13.6 Å². The first-order chi connectivity index (χ1) is 11.8. The smallest absolute Gasteiger partial charge is 0.323 e. The summed E-state index contributed by atoms with van der Waals surface area (Å²) in [5.41, 5.74) is 0.695. The molecule has 0 aliphatic rings. The number of thiazole rings is 1. The van der Waals surface area contributed by atoms with Crippen LogP contribution >= 0.6 is 11.3 Å². The molecule has 25 heavy (non-hydrogen) atoms. The Labute approximate surface area is 145 Å². The molecule has 0 spiro atoms. The van der Waals surface area contributed by atoms with Crippen molar-refractivity contribution in [2.75, 3.05) is 12.4 Å². The van der Waals surface area contributed by atoms with Crippen LogP contribution in [-0.2, 0) is 12.7 Å². The Balaban J connectivity index is 1.64. The summed E-state index contributed by atoms with van der Waals surface area (Å²) in [6.07, 6.45) is -4.37. The number of carbonyl (C=O) groups excluding carboxylic acids is 1. The molecule has 2 amide bonds. The molecule has 2 aromatic carbocycles. The molecule has 0 saturated heterocycles. The molecule has 1 aromatic heterocycles. The Hall–Kier alpha value is -2.61. The highest BCUT2D eigenvalue weighted by Gasteiger charge is 2.30. The third-order valence-electron chi connectivity index (χ3n) is 3.56. The topological polar surface area (TPSA) is 45.2 Å². The van der Waals surface area contributed by atoms with Crippen molar-refractivity contribution in [2.24, 2.45) is 0 Å². The lowest BCUT2D eigenvalue weighted by Crippen LogP contribution is -2.30. The van der Waals surface area contributed by atoms with E-state index < -0.39 is 11.7 Å². The summed E-state index contributed by atoms with van der Waals surface area (Å²) in [6.45, 7) is 0.189. The molecule has 3 rings (SSSR count). The molecule has 0 atom stereocenters. The van der Waals surface area contributed by atoms with E-state index in [0.29, 0.717) is 10.7 Å². The first kappa shape index (κ1) is 17.2. The number of alkyl halides is 3. The maximum atomic E-state index is 12.6. The molecule has 1 heterocycles. The quantitative estimate of drug-likeness (QED) is 0.712. The van der Waals surface area contributed by atoms with Gasteiger partial charge < -0.3 is 4.90 Å². The van der Waals surface area contributed by atoms with Crippen LogP contribution in [0.2, 0.25) is 0 Å². The van der Waals surface area contributed by atoms with Gasteiger partial charge in [-0.05, 0) is 29.8 Å². The Kier molecular flexibility index (Phi) is 4.63. The van der Waals surface area contributed by atoms with Crippen LogP contribution in [0, 0.1) is 0 Å². The molecule has 0 unspecified atom stereocenters. The highest BCUT2D eigenvalue weighted by molar-refractivity contribution is 7.22. The predicted molar refractivity (Wildman–Crippen MR) is 91.5 cm³/mol. The third-order valence-corrected chi connectivity index (χ3v) is 4.51. The fourth-order valence-electron chi connectivity index (χ4n) is 2.26. The largest absolute Gasteiger partial charge is 0.416 e. The van der Waals surface area contributed by atoms with E-state index in [1.807, 2.05) is 24.3 Å². The Morgan fingerprint density at radius 3 is 2.48 bits per heavy atom. The molecule has 130 valence electrons. The van der Waals surface area contributed by atoms with Gasteiger partial charge in [0.25, 0.3) is 0 Å². The number of aromatic nitrogens is 1. The second kappa shape index (κ2) is 6.72. The van der Waals surface area contributed by atoms with Crippen LogP contribution in [0.5, 0.6) is 0 Å². The van der Waals surface area contributed by atoms with E-state index in [9.17, 15) is 18.0 Å². The molecule has 0 radical (unpaired) electrons. The van der Waals surface area contributed by atoms with Crippen molar-refractivity contribution < 1.29 is 18.0 Å². The summed E-state index contributed by atoms with van der Waals surface area (Å²) < 4.78 is 38.6. The van der Waals surface area contributed by atoms with Crippen LogP contribution in [0.15, 0.2) is 48.5 Å². The third kappa shape index (κ3) is 4.08. The minimum absolute atomic E-state index is 0.189. The number of rotatable bonds is 3. The van der Waals surface area contributed by atoms with Crippen LogP contribution in [-0.4, -0.2) is 23.0 Å². The van der Waals surface area contributed by atoms with Crippen molar-refractivity contribution in [3.05, 3.63) is 59.7 Å². The molecule has 1 N–H and O–H groups in total. The minimum atomic E-state index is -4.37. The molecule has 0 bridgehead atoms. The lowest BCUT2D eigenvalue weighted by atomic mass is 10.1. The van der Waals surface area contributed by atoms with Crippen LogP contribution in [0.3, 0.4) is 0 Å². The van der Waals surface area contributed by atoms with Gasteiger partial charge in [-0.1, -0.05) is 35.6 Å². The molecule has 0 saturated carbocycles. The maximum absolute atomic E-state index is 12.6. The van der Waals surface area contributed by atoms with E-state index in [-0.39, 0.29) is 12.6 Å². The predicted octanol–water partition coefficient (Wildman–Crippen LogP) is 4.98. The average Bonchev–Trinajstić information content (AvgIpc) is 2.96.